The van der Waals surface area contributed by atoms with Gasteiger partial charge < -0.3 is 20.1 Å². The zero-order chi connectivity index (χ0) is 18.6. The minimum atomic E-state index is -0.180. The summed E-state index contributed by atoms with van der Waals surface area (Å²) in [5.41, 5.74) is 0.322. The lowest BCUT2D eigenvalue weighted by Crippen LogP contribution is -2.51. The first kappa shape index (κ1) is 17.9. The molecule has 1 spiro atoms. The molecule has 27 heavy (non-hydrogen) atoms. The molecule has 3 aliphatic heterocycles. The molecule has 6 nitrogen and oxygen atoms in total. The summed E-state index contributed by atoms with van der Waals surface area (Å²) in [5, 5.41) is 6.36. The number of carbonyl (C=O) groups is 2. The zero-order valence-electron chi connectivity index (χ0n) is 16.3. The summed E-state index contributed by atoms with van der Waals surface area (Å²) < 4.78 is 11.8. The molecular weight excluding hydrogens is 344 g/mol. The quantitative estimate of drug-likeness (QED) is 0.580. The number of ether oxygens (including phenoxy) is 2. The third-order valence-electron chi connectivity index (χ3n) is 8.20. The van der Waals surface area contributed by atoms with E-state index in [1.807, 2.05) is 0 Å². The fourth-order valence-electron chi connectivity index (χ4n) is 6.59. The molecule has 5 fully saturated rings. The van der Waals surface area contributed by atoms with Crippen LogP contribution in [0.2, 0.25) is 0 Å². The maximum absolute atomic E-state index is 12.7. The molecule has 6 heteroatoms. The van der Waals surface area contributed by atoms with Crippen LogP contribution in [0.5, 0.6) is 0 Å². The van der Waals surface area contributed by atoms with Crippen molar-refractivity contribution < 1.29 is 19.1 Å². The highest BCUT2D eigenvalue weighted by atomic mass is 16.6. The number of nitrogens with one attached hydrogen (secondary N) is 2. The minimum absolute atomic E-state index is 0.0439. The summed E-state index contributed by atoms with van der Waals surface area (Å²) in [6.45, 7) is 4.58. The molecule has 150 valence electrons. The minimum Gasteiger partial charge on any atom is -0.462 e. The first-order valence-corrected chi connectivity index (χ1v) is 10.9. The Morgan fingerprint density at radius 3 is 2.89 bits per heavy atom. The number of rotatable bonds is 3. The second kappa shape index (κ2) is 6.45. The molecule has 0 radical (unpaired) electrons. The smallest absolute Gasteiger partial charge is 0.310 e. The van der Waals surface area contributed by atoms with E-state index < -0.39 is 0 Å². The van der Waals surface area contributed by atoms with Gasteiger partial charge in [-0.3, -0.25) is 9.59 Å². The van der Waals surface area contributed by atoms with Crippen LogP contribution in [0.15, 0.2) is 0 Å². The van der Waals surface area contributed by atoms with Crippen LogP contribution in [-0.2, 0) is 19.1 Å². The van der Waals surface area contributed by atoms with Gasteiger partial charge in [0.25, 0.3) is 0 Å². The Kier molecular flexibility index (Phi) is 4.28. The summed E-state index contributed by atoms with van der Waals surface area (Å²) in [5.74, 6) is 0.673. The molecule has 1 amide bonds. The van der Waals surface area contributed by atoms with Crippen molar-refractivity contribution in [3.8, 4) is 0 Å². The van der Waals surface area contributed by atoms with Crippen LogP contribution in [0.4, 0.5) is 0 Å². The summed E-state index contributed by atoms with van der Waals surface area (Å²) in [4.78, 5) is 24.9. The molecule has 0 aromatic heterocycles. The number of carbonyl (C=O) groups excluding carboxylic acids is 2. The monoisotopic (exact) mass is 376 g/mol. The second-order valence-corrected chi connectivity index (χ2v) is 9.85. The lowest BCUT2D eigenvalue weighted by atomic mass is 9.53. The molecule has 2 aliphatic carbocycles. The predicted octanol–water partition coefficient (Wildman–Crippen LogP) is 1.77. The van der Waals surface area contributed by atoms with Crippen LogP contribution in [0, 0.1) is 23.2 Å². The molecule has 0 aromatic rings. The topological polar surface area (TPSA) is 80.0 Å². The van der Waals surface area contributed by atoms with Gasteiger partial charge in [0.05, 0.1) is 24.2 Å². The normalized spacial score (nSPS) is 49.0. The third-order valence-corrected chi connectivity index (χ3v) is 8.20. The molecule has 3 saturated heterocycles. The molecule has 0 bridgehead atoms. The fraction of sp³-hybridized carbons (Fsp3) is 0.905. The van der Waals surface area contributed by atoms with Crippen LogP contribution in [0.25, 0.3) is 0 Å². The van der Waals surface area contributed by atoms with Gasteiger partial charge in [-0.25, -0.2) is 0 Å². The van der Waals surface area contributed by atoms with E-state index in [4.69, 9.17) is 9.47 Å². The van der Waals surface area contributed by atoms with Crippen molar-refractivity contribution in [2.75, 3.05) is 19.7 Å². The second-order valence-electron chi connectivity index (χ2n) is 9.85. The van der Waals surface area contributed by atoms with Crippen LogP contribution < -0.4 is 10.6 Å². The summed E-state index contributed by atoms with van der Waals surface area (Å²) >= 11 is 0. The van der Waals surface area contributed by atoms with Crippen molar-refractivity contribution in [3.05, 3.63) is 0 Å². The van der Waals surface area contributed by atoms with Gasteiger partial charge in [0.15, 0.2) is 0 Å². The zero-order valence-corrected chi connectivity index (χ0v) is 16.3. The van der Waals surface area contributed by atoms with Gasteiger partial charge in [-0.15, -0.1) is 0 Å². The van der Waals surface area contributed by atoms with Crippen molar-refractivity contribution in [3.63, 3.8) is 0 Å². The maximum Gasteiger partial charge on any atom is 0.310 e. The number of amides is 1. The van der Waals surface area contributed by atoms with Crippen molar-refractivity contribution in [1.82, 2.24) is 10.6 Å². The van der Waals surface area contributed by atoms with Crippen LogP contribution in [-0.4, -0.2) is 49.3 Å². The largest absolute Gasteiger partial charge is 0.462 e. The van der Waals surface area contributed by atoms with Gasteiger partial charge in [0.2, 0.25) is 5.91 Å². The highest BCUT2D eigenvalue weighted by Gasteiger charge is 2.65. The number of esters is 1. The Labute approximate surface area is 161 Å². The average molecular weight is 376 g/mol. The summed E-state index contributed by atoms with van der Waals surface area (Å²) in [6.07, 6.45) is 8.57. The van der Waals surface area contributed by atoms with E-state index in [1.165, 1.54) is 19.3 Å². The summed E-state index contributed by atoms with van der Waals surface area (Å²) in [7, 11) is 0. The highest BCUT2D eigenvalue weighted by Crippen LogP contribution is 2.62. The van der Waals surface area contributed by atoms with Gasteiger partial charge in [-0.2, -0.15) is 0 Å². The van der Waals surface area contributed by atoms with E-state index in [-0.39, 0.29) is 46.9 Å². The Morgan fingerprint density at radius 2 is 2.07 bits per heavy atom. The first-order chi connectivity index (χ1) is 13.0. The van der Waals surface area contributed by atoms with Gasteiger partial charge in [0.1, 0.15) is 6.10 Å². The van der Waals surface area contributed by atoms with Gasteiger partial charge >= 0.3 is 5.97 Å². The molecular formula is C21H32N2O4. The molecule has 7 atom stereocenters. The van der Waals surface area contributed by atoms with E-state index >= 15 is 0 Å². The Hall–Kier alpha value is -1.14. The molecule has 2 saturated carbocycles. The standard InChI is InChI=1S/C21H32N2O4/c1-20-6-4-7-21(12-26-21)17(20)9-13-14(19(25)27-16(13)10-20)11-23-15-5-2-3-8-22-18(15)24/h13-17,23H,2-12H2,1H3,(H,22,24)/t13-,14+,15+,16-,17-,20-,21+/m1/s1. The van der Waals surface area contributed by atoms with Crippen molar-refractivity contribution in [1.29, 1.82) is 0 Å². The molecule has 2 N–H and O–H groups in total. The lowest BCUT2D eigenvalue weighted by Gasteiger charge is -2.51. The van der Waals surface area contributed by atoms with E-state index in [0.29, 0.717) is 12.5 Å². The van der Waals surface area contributed by atoms with Gasteiger partial charge in [-0.1, -0.05) is 6.92 Å². The van der Waals surface area contributed by atoms with Crippen molar-refractivity contribution in [2.45, 2.75) is 76.0 Å². The number of epoxide rings is 1. The van der Waals surface area contributed by atoms with Crippen LogP contribution in [0.1, 0.15) is 58.3 Å². The molecule has 0 unspecified atom stereocenters. The maximum atomic E-state index is 12.7. The SMILES string of the molecule is C[C@]12CCC[C@]3(CO3)[C@@H]1C[C@@H]1[C@H](CN[C@H]3CCCCNC3=O)C(=O)O[C@@H]1C2. The highest BCUT2D eigenvalue weighted by molar-refractivity contribution is 5.82. The van der Waals surface area contributed by atoms with Crippen LogP contribution >= 0.6 is 0 Å². The predicted molar refractivity (Wildman–Crippen MR) is 98.9 cm³/mol. The Morgan fingerprint density at radius 1 is 1.22 bits per heavy atom. The van der Waals surface area contributed by atoms with Crippen molar-refractivity contribution in [2.24, 2.45) is 23.2 Å². The van der Waals surface area contributed by atoms with Crippen LogP contribution in [0.3, 0.4) is 0 Å². The number of hydrogen-bond acceptors (Lipinski definition) is 5. The summed E-state index contributed by atoms with van der Waals surface area (Å²) in [6, 6.07) is -0.180. The first-order valence-electron chi connectivity index (χ1n) is 10.9. The Balaban J connectivity index is 1.29. The molecule has 5 aliphatic rings. The molecule has 5 rings (SSSR count). The molecule has 3 heterocycles. The van der Waals surface area contributed by atoms with E-state index in [2.05, 4.69) is 17.6 Å². The van der Waals surface area contributed by atoms with E-state index in [0.717, 1.165) is 45.3 Å². The average Bonchev–Trinajstić information content (AvgIpc) is 3.36. The van der Waals surface area contributed by atoms with Crippen molar-refractivity contribution >= 4 is 11.9 Å². The fourth-order valence-corrected chi connectivity index (χ4v) is 6.59. The van der Waals surface area contributed by atoms with E-state index in [1.54, 1.807) is 0 Å². The number of hydrogen-bond donors (Lipinski definition) is 2. The Bertz CT molecular complexity index is 634. The third kappa shape index (κ3) is 3.00. The van der Waals surface area contributed by atoms with Gasteiger partial charge in [0, 0.05) is 19.0 Å². The van der Waals surface area contributed by atoms with E-state index in [9.17, 15) is 9.59 Å². The lowest BCUT2D eigenvalue weighted by molar-refractivity contribution is -0.147. The van der Waals surface area contributed by atoms with Gasteiger partial charge in [-0.05, 0) is 62.7 Å². The molecule has 0 aromatic carbocycles. The number of fused-ring (bicyclic) bond motifs is 3.